The maximum absolute atomic E-state index is 12.1. The molecule has 0 heterocycles. The minimum absolute atomic E-state index is 0.167. The van der Waals surface area contributed by atoms with Crippen molar-refractivity contribution in [3.05, 3.63) is 23.3 Å². The van der Waals surface area contributed by atoms with Gasteiger partial charge in [-0.25, -0.2) is 13.1 Å². The van der Waals surface area contributed by atoms with Gasteiger partial charge >= 0.3 is 0 Å². The summed E-state index contributed by atoms with van der Waals surface area (Å²) in [6.07, 6.45) is 0.727. The molecule has 0 amide bonds. The molecule has 1 aromatic carbocycles. The molecule has 114 valence electrons. The number of hydrogen-bond acceptors (Lipinski definition) is 5. The topological polar surface area (TPSA) is 92.4 Å². The highest BCUT2D eigenvalue weighted by Gasteiger charge is 2.15. The van der Waals surface area contributed by atoms with Crippen molar-refractivity contribution in [3.8, 4) is 0 Å². The van der Waals surface area contributed by atoms with E-state index in [1.807, 2.05) is 13.8 Å². The molecular weight excluding hydrogens is 296 g/mol. The number of thioether (sulfide) groups is 1. The molecule has 0 aliphatic heterocycles. The Balaban J connectivity index is 2.61. The van der Waals surface area contributed by atoms with Gasteiger partial charge in [0.15, 0.2) is 0 Å². The van der Waals surface area contributed by atoms with Crippen LogP contribution in [0.4, 0.5) is 5.69 Å². The summed E-state index contributed by atoms with van der Waals surface area (Å²) < 4.78 is 26.8. The Kier molecular flexibility index (Phi) is 6.81. The number of anilines is 1. The summed E-state index contributed by atoms with van der Waals surface area (Å²) in [5.41, 5.74) is 8.07. The zero-order chi connectivity index (χ0) is 15.2. The van der Waals surface area contributed by atoms with Crippen LogP contribution in [0.1, 0.15) is 17.5 Å². The van der Waals surface area contributed by atoms with E-state index in [0.717, 1.165) is 23.3 Å². The van der Waals surface area contributed by atoms with Crippen molar-refractivity contribution in [2.75, 3.05) is 30.4 Å². The molecule has 0 aliphatic rings. The normalized spacial score (nSPS) is 11.8. The summed E-state index contributed by atoms with van der Waals surface area (Å²) >= 11 is 1.61. The van der Waals surface area contributed by atoms with E-state index in [-0.39, 0.29) is 11.5 Å². The quantitative estimate of drug-likeness (QED) is 0.496. The molecule has 0 atom stereocenters. The van der Waals surface area contributed by atoms with Crippen LogP contribution in [0.25, 0.3) is 0 Å². The first-order valence-corrected chi connectivity index (χ1v) is 9.07. The Morgan fingerprint density at radius 1 is 1.30 bits per heavy atom. The predicted octanol–water partition coefficient (Wildman–Crippen LogP) is 1.28. The molecule has 1 aromatic rings. The van der Waals surface area contributed by atoms with E-state index in [0.29, 0.717) is 18.0 Å². The summed E-state index contributed by atoms with van der Waals surface area (Å²) in [5.74, 6) is 1.51. The van der Waals surface area contributed by atoms with Gasteiger partial charge in [-0.15, -0.1) is 0 Å². The lowest BCUT2D eigenvalue weighted by molar-refractivity contribution is 0.296. The third kappa shape index (κ3) is 4.97. The second kappa shape index (κ2) is 7.87. The van der Waals surface area contributed by atoms with E-state index < -0.39 is 10.0 Å². The molecule has 0 aromatic heterocycles. The van der Waals surface area contributed by atoms with Gasteiger partial charge in [-0.2, -0.15) is 11.8 Å². The SMILES string of the molecule is Cc1cc(S(=O)(=O)NCCSCCCO)cc(N)c1C. The number of aliphatic hydroxyl groups excluding tert-OH is 1. The number of nitrogens with one attached hydrogen (secondary N) is 1. The maximum atomic E-state index is 12.1. The van der Waals surface area contributed by atoms with Crippen LogP contribution in [0.15, 0.2) is 17.0 Å². The van der Waals surface area contributed by atoms with Gasteiger partial charge in [0, 0.05) is 24.6 Å². The number of sulfonamides is 1. The Labute approximate surface area is 125 Å². The van der Waals surface area contributed by atoms with Gasteiger partial charge < -0.3 is 10.8 Å². The van der Waals surface area contributed by atoms with Crippen LogP contribution in [0.3, 0.4) is 0 Å². The zero-order valence-corrected chi connectivity index (χ0v) is 13.5. The van der Waals surface area contributed by atoms with Crippen molar-refractivity contribution in [1.82, 2.24) is 4.72 Å². The van der Waals surface area contributed by atoms with Crippen molar-refractivity contribution in [1.29, 1.82) is 0 Å². The maximum Gasteiger partial charge on any atom is 0.240 e. The fourth-order valence-electron chi connectivity index (χ4n) is 1.61. The molecule has 1 rings (SSSR count). The molecule has 0 bridgehead atoms. The van der Waals surface area contributed by atoms with E-state index in [1.165, 1.54) is 6.07 Å². The van der Waals surface area contributed by atoms with Gasteiger partial charge in [-0.1, -0.05) is 0 Å². The van der Waals surface area contributed by atoms with Gasteiger partial charge in [0.1, 0.15) is 0 Å². The minimum Gasteiger partial charge on any atom is -0.398 e. The molecule has 0 unspecified atom stereocenters. The molecule has 20 heavy (non-hydrogen) atoms. The Morgan fingerprint density at radius 2 is 2.00 bits per heavy atom. The van der Waals surface area contributed by atoms with Crippen molar-refractivity contribution >= 4 is 27.5 Å². The summed E-state index contributed by atoms with van der Waals surface area (Å²) in [4.78, 5) is 0.207. The molecular formula is C13H22N2O3S2. The highest BCUT2D eigenvalue weighted by molar-refractivity contribution is 7.99. The third-order valence-electron chi connectivity index (χ3n) is 2.98. The van der Waals surface area contributed by atoms with Gasteiger partial charge in [0.2, 0.25) is 10.0 Å². The van der Waals surface area contributed by atoms with Gasteiger partial charge in [0.25, 0.3) is 0 Å². The standard InChI is InChI=1S/C13H22N2O3S2/c1-10-8-12(9-13(14)11(10)2)20(17,18)15-4-7-19-6-3-5-16/h8-9,15-16H,3-7,14H2,1-2H3. The molecule has 5 nitrogen and oxygen atoms in total. The largest absolute Gasteiger partial charge is 0.398 e. The molecule has 0 fully saturated rings. The van der Waals surface area contributed by atoms with E-state index in [4.69, 9.17) is 10.8 Å². The van der Waals surface area contributed by atoms with Crippen LogP contribution in [0, 0.1) is 13.8 Å². The van der Waals surface area contributed by atoms with E-state index in [2.05, 4.69) is 4.72 Å². The predicted molar refractivity (Wildman–Crippen MR) is 84.5 cm³/mol. The fraction of sp³-hybridized carbons (Fsp3) is 0.538. The molecule has 0 saturated heterocycles. The molecule has 0 saturated carbocycles. The van der Waals surface area contributed by atoms with E-state index >= 15 is 0 Å². The van der Waals surface area contributed by atoms with E-state index in [1.54, 1.807) is 17.8 Å². The average molecular weight is 318 g/mol. The van der Waals surface area contributed by atoms with Crippen LogP contribution in [0.2, 0.25) is 0 Å². The Hall–Kier alpha value is -0.760. The van der Waals surface area contributed by atoms with Gasteiger partial charge in [-0.3, -0.25) is 0 Å². The Bertz CT molecular complexity index is 522. The van der Waals surface area contributed by atoms with Gasteiger partial charge in [0.05, 0.1) is 4.90 Å². The lowest BCUT2D eigenvalue weighted by atomic mass is 10.1. The summed E-state index contributed by atoms with van der Waals surface area (Å²) in [6.45, 7) is 4.24. The summed E-state index contributed by atoms with van der Waals surface area (Å²) in [5, 5.41) is 8.64. The first kappa shape index (κ1) is 17.3. The molecule has 7 heteroatoms. The average Bonchev–Trinajstić information content (AvgIpc) is 2.39. The number of nitrogens with two attached hydrogens (primary N) is 1. The number of rotatable bonds is 8. The van der Waals surface area contributed by atoms with Crippen molar-refractivity contribution in [2.45, 2.75) is 25.2 Å². The second-order valence-electron chi connectivity index (χ2n) is 4.54. The smallest absolute Gasteiger partial charge is 0.240 e. The first-order valence-electron chi connectivity index (χ1n) is 6.43. The van der Waals surface area contributed by atoms with Crippen LogP contribution < -0.4 is 10.5 Å². The van der Waals surface area contributed by atoms with Crippen LogP contribution in [-0.4, -0.2) is 38.2 Å². The first-order chi connectivity index (χ1) is 9.38. The lowest BCUT2D eigenvalue weighted by Gasteiger charge is -2.10. The van der Waals surface area contributed by atoms with Gasteiger partial charge in [-0.05, 0) is 49.3 Å². The van der Waals surface area contributed by atoms with Crippen molar-refractivity contribution in [2.24, 2.45) is 0 Å². The number of nitrogen functional groups attached to an aromatic ring is 1. The highest BCUT2D eigenvalue weighted by Crippen LogP contribution is 2.21. The number of hydrogen-bond donors (Lipinski definition) is 3. The van der Waals surface area contributed by atoms with Crippen molar-refractivity contribution in [3.63, 3.8) is 0 Å². The number of benzene rings is 1. The van der Waals surface area contributed by atoms with Crippen LogP contribution in [-0.2, 0) is 10.0 Å². The molecule has 0 spiro atoms. The molecule has 0 aliphatic carbocycles. The second-order valence-corrected chi connectivity index (χ2v) is 7.53. The monoisotopic (exact) mass is 318 g/mol. The van der Waals surface area contributed by atoms with Crippen molar-refractivity contribution < 1.29 is 13.5 Å². The Morgan fingerprint density at radius 3 is 2.60 bits per heavy atom. The van der Waals surface area contributed by atoms with Crippen LogP contribution in [0.5, 0.6) is 0 Å². The molecule has 0 radical (unpaired) electrons. The van der Waals surface area contributed by atoms with Crippen LogP contribution >= 0.6 is 11.8 Å². The number of aryl methyl sites for hydroxylation is 1. The van der Waals surface area contributed by atoms with E-state index in [9.17, 15) is 8.42 Å². The molecule has 4 N–H and O–H groups in total. The zero-order valence-electron chi connectivity index (χ0n) is 11.8. The summed E-state index contributed by atoms with van der Waals surface area (Å²) in [7, 11) is -3.51. The lowest BCUT2D eigenvalue weighted by Crippen LogP contribution is -2.26. The highest BCUT2D eigenvalue weighted by atomic mass is 32.2. The fourth-order valence-corrected chi connectivity index (χ4v) is 3.67. The number of aliphatic hydroxyl groups is 1. The minimum atomic E-state index is -3.51. The summed E-state index contributed by atoms with van der Waals surface area (Å²) in [6, 6.07) is 3.12. The third-order valence-corrected chi connectivity index (χ3v) is 5.49.